The van der Waals surface area contributed by atoms with Crippen molar-refractivity contribution < 1.29 is 18.0 Å². The van der Waals surface area contributed by atoms with Gasteiger partial charge in [-0.25, -0.2) is 4.79 Å². The second-order valence-corrected chi connectivity index (χ2v) is 7.61. The molecule has 0 saturated heterocycles. The molecule has 0 aliphatic heterocycles. The molecule has 0 aliphatic rings. The average Bonchev–Trinajstić information content (AvgIpc) is 3.10. The Kier molecular flexibility index (Phi) is 6.43. The molecule has 32 heavy (non-hydrogen) atoms. The molecule has 10 nitrogen and oxygen atoms in total. The first-order valence-electron chi connectivity index (χ1n) is 9.03. The quantitative estimate of drug-likeness (QED) is 0.516. The summed E-state index contributed by atoms with van der Waals surface area (Å²) >= 11 is 0.713. The highest BCUT2D eigenvalue weighted by Gasteiger charge is 2.37. The maximum atomic E-state index is 12.8. The summed E-state index contributed by atoms with van der Waals surface area (Å²) < 4.78 is 40.3. The lowest BCUT2D eigenvalue weighted by Crippen LogP contribution is -2.40. The van der Waals surface area contributed by atoms with Crippen LogP contribution < -0.4 is 21.9 Å². The lowest BCUT2D eigenvalue weighted by molar-refractivity contribution is -0.147. The van der Waals surface area contributed by atoms with Crippen LogP contribution >= 0.6 is 11.8 Å². The molecule has 0 spiro atoms. The zero-order valence-corrected chi connectivity index (χ0v) is 17.7. The minimum absolute atomic E-state index is 0.0607. The van der Waals surface area contributed by atoms with Gasteiger partial charge in [0.1, 0.15) is 5.82 Å². The van der Waals surface area contributed by atoms with Crippen molar-refractivity contribution in [3.63, 3.8) is 0 Å². The Morgan fingerprint density at radius 2 is 1.88 bits per heavy atom. The van der Waals surface area contributed by atoms with Gasteiger partial charge in [0.15, 0.2) is 10.8 Å². The monoisotopic (exact) mass is 469 g/mol. The van der Waals surface area contributed by atoms with E-state index >= 15 is 0 Å². The highest BCUT2D eigenvalue weighted by Crippen LogP contribution is 2.29. The molecule has 0 bridgehead atoms. The number of rotatable bonds is 6. The summed E-state index contributed by atoms with van der Waals surface area (Å²) in [5.74, 6) is -2.42. The number of nitrogens with one attached hydrogen (secondary N) is 1. The van der Waals surface area contributed by atoms with Gasteiger partial charge in [-0.15, -0.1) is 10.2 Å². The molecule has 3 rings (SSSR count). The number of carbonyl (C=O) groups excluding carboxylic acids is 1. The third-order valence-corrected chi connectivity index (χ3v) is 5.53. The van der Waals surface area contributed by atoms with E-state index < -0.39 is 29.2 Å². The number of nitrogens with zero attached hydrogens (tertiary/aromatic N) is 5. The number of benzene rings is 1. The molecular formula is C18H18F3N7O3S. The Hall–Kier alpha value is -3.55. The number of halogens is 3. The standard InChI is InChI=1S/C18H18F3N7O3S/c1-26(11(29)9-32-17-25-24-15(27(17)2)18(19,20)21)12-13(22)28(16(31)23-14(12)30)8-10-6-4-3-5-7-10/h3-7H,8-9,22H2,1-2H3,(H,23,30,31). The number of hydrogen-bond donors (Lipinski definition) is 2. The average molecular weight is 469 g/mol. The van der Waals surface area contributed by atoms with Gasteiger partial charge in [-0.2, -0.15) is 13.2 Å². The van der Waals surface area contributed by atoms with Crippen molar-refractivity contribution >= 4 is 29.2 Å². The van der Waals surface area contributed by atoms with Crippen molar-refractivity contribution in [2.45, 2.75) is 17.9 Å². The molecule has 0 radical (unpaired) electrons. The molecule has 14 heteroatoms. The topological polar surface area (TPSA) is 132 Å². The zero-order chi connectivity index (χ0) is 23.6. The summed E-state index contributed by atoms with van der Waals surface area (Å²) in [5.41, 5.74) is 4.93. The lowest BCUT2D eigenvalue weighted by atomic mass is 10.2. The first kappa shape index (κ1) is 23.1. The Labute approximate surface area is 182 Å². The SMILES string of the molecule is CN(C(=O)CSc1nnc(C(F)(F)F)n1C)c1c(N)n(Cc2ccccc2)c(=O)[nH]c1=O. The number of amides is 1. The summed E-state index contributed by atoms with van der Waals surface area (Å²) in [6.07, 6.45) is -4.68. The molecule has 0 aliphatic carbocycles. The predicted octanol–water partition coefficient (Wildman–Crippen LogP) is 1.07. The van der Waals surface area contributed by atoms with Crippen LogP contribution in [0.1, 0.15) is 11.4 Å². The Bertz CT molecular complexity index is 1250. The Morgan fingerprint density at radius 3 is 2.47 bits per heavy atom. The van der Waals surface area contributed by atoms with E-state index in [2.05, 4.69) is 15.2 Å². The maximum absolute atomic E-state index is 12.8. The fourth-order valence-electron chi connectivity index (χ4n) is 2.86. The molecule has 0 saturated carbocycles. The van der Waals surface area contributed by atoms with Gasteiger partial charge in [0.05, 0.1) is 12.3 Å². The minimum Gasteiger partial charge on any atom is -0.383 e. The van der Waals surface area contributed by atoms with E-state index in [9.17, 15) is 27.6 Å². The number of aromatic amines is 1. The largest absolute Gasteiger partial charge is 0.451 e. The predicted molar refractivity (Wildman–Crippen MR) is 111 cm³/mol. The first-order valence-corrected chi connectivity index (χ1v) is 10.0. The van der Waals surface area contributed by atoms with Crippen molar-refractivity contribution in [3.05, 3.63) is 62.6 Å². The number of aromatic nitrogens is 5. The second kappa shape index (κ2) is 8.90. The Morgan fingerprint density at radius 1 is 1.22 bits per heavy atom. The van der Waals surface area contributed by atoms with Crippen molar-refractivity contribution in [1.82, 2.24) is 24.3 Å². The maximum Gasteiger partial charge on any atom is 0.451 e. The van der Waals surface area contributed by atoms with Crippen LogP contribution in [-0.2, 0) is 24.6 Å². The number of H-pyrrole nitrogens is 1. The number of nitrogens with two attached hydrogens (primary N) is 1. The van der Waals surface area contributed by atoms with Crippen LogP contribution in [0.4, 0.5) is 24.7 Å². The molecule has 170 valence electrons. The summed E-state index contributed by atoms with van der Waals surface area (Å²) in [4.78, 5) is 40.3. The van der Waals surface area contributed by atoms with Crippen molar-refractivity contribution in [2.75, 3.05) is 23.4 Å². The van der Waals surface area contributed by atoms with Crippen LogP contribution in [0.3, 0.4) is 0 Å². The number of nitrogen functional groups attached to an aromatic ring is 1. The van der Waals surface area contributed by atoms with Crippen molar-refractivity contribution in [3.8, 4) is 0 Å². The first-order chi connectivity index (χ1) is 15.0. The van der Waals surface area contributed by atoms with Crippen LogP contribution in [0.5, 0.6) is 0 Å². The number of anilines is 2. The molecule has 0 fully saturated rings. The van der Waals surface area contributed by atoms with E-state index in [0.29, 0.717) is 11.8 Å². The van der Waals surface area contributed by atoms with E-state index in [1.165, 1.54) is 7.05 Å². The molecule has 2 heterocycles. The van der Waals surface area contributed by atoms with Gasteiger partial charge in [-0.05, 0) is 5.56 Å². The van der Waals surface area contributed by atoms with E-state index in [4.69, 9.17) is 5.73 Å². The molecule has 2 aromatic heterocycles. The van der Waals surface area contributed by atoms with Crippen LogP contribution in [-0.4, -0.2) is 43.0 Å². The van der Waals surface area contributed by atoms with E-state index in [1.54, 1.807) is 30.3 Å². The van der Waals surface area contributed by atoms with Crippen LogP contribution in [0, 0.1) is 0 Å². The van der Waals surface area contributed by atoms with Gasteiger partial charge >= 0.3 is 11.9 Å². The van der Waals surface area contributed by atoms with Gasteiger partial charge in [0, 0.05) is 14.1 Å². The summed E-state index contributed by atoms with van der Waals surface area (Å²) in [6, 6.07) is 8.86. The third kappa shape index (κ3) is 4.69. The summed E-state index contributed by atoms with van der Waals surface area (Å²) in [5, 5.41) is 6.40. The zero-order valence-electron chi connectivity index (χ0n) is 16.9. The molecule has 0 unspecified atom stereocenters. The van der Waals surface area contributed by atoms with Gasteiger partial charge < -0.3 is 15.2 Å². The van der Waals surface area contributed by atoms with Crippen LogP contribution in [0.15, 0.2) is 45.1 Å². The number of hydrogen-bond acceptors (Lipinski definition) is 7. The van der Waals surface area contributed by atoms with Gasteiger partial charge in [-0.3, -0.25) is 19.1 Å². The molecule has 3 aromatic rings. The summed E-state index contributed by atoms with van der Waals surface area (Å²) in [6.45, 7) is 0.0607. The molecule has 0 atom stereocenters. The van der Waals surface area contributed by atoms with E-state index in [-0.39, 0.29) is 29.0 Å². The van der Waals surface area contributed by atoms with Gasteiger partial charge in [0.2, 0.25) is 11.7 Å². The molecular weight excluding hydrogens is 451 g/mol. The third-order valence-electron chi connectivity index (χ3n) is 4.52. The van der Waals surface area contributed by atoms with E-state index in [0.717, 1.165) is 26.6 Å². The fourth-order valence-corrected chi connectivity index (χ4v) is 3.68. The van der Waals surface area contributed by atoms with Crippen LogP contribution in [0.2, 0.25) is 0 Å². The molecule has 3 N–H and O–H groups in total. The van der Waals surface area contributed by atoms with Crippen LogP contribution in [0.25, 0.3) is 0 Å². The van der Waals surface area contributed by atoms with Gasteiger partial charge in [-0.1, -0.05) is 42.1 Å². The number of carbonyl (C=O) groups is 1. The fraction of sp³-hybridized carbons (Fsp3) is 0.278. The minimum atomic E-state index is -4.68. The van der Waals surface area contributed by atoms with Gasteiger partial charge in [0.25, 0.3) is 5.56 Å². The Balaban J connectivity index is 1.83. The lowest BCUT2D eigenvalue weighted by Gasteiger charge is -2.20. The second-order valence-electron chi connectivity index (χ2n) is 6.67. The van der Waals surface area contributed by atoms with Crippen molar-refractivity contribution in [2.24, 2.45) is 7.05 Å². The van der Waals surface area contributed by atoms with Crippen molar-refractivity contribution in [1.29, 1.82) is 0 Å². The smallest absolute Gasteiger partial charge is 0.383 e. The number of alkyl halides is 3. The van der Waals surface area contributed by atoms with E-state index in [1.807, 2.05) is 0 Å². The highest BCUT2D eigenvalue weighted by atomic mass is 32.2. The molecule has 1 amide bonds. The molecule has 1 aromatic carbocycles. The number of thioether (sulfide) groups is 1. The highest BCUT2D eigenvalue weighted by molar-refractivity contribution is 7.99. The normalized spacial score (nSPS) is 11.5. The summed E-state index contributed by atoms with van der Waals surface area (Å²) in [7, 11) is 2.40.